The zero-order chi connectivity index (χ0) is 13.4. The van der Waals surface area contributed by atoms with Crippen LogP contribution in [0.1, 0.15) is 27.2 Å². The molecule has 0 saturated heterocycles. The number of amides is 1. The minimum Gasteiger partial charge on any atom is -0.308 e. The van der Waals surface area contributed by atoms with Gasteiger partial charge in [-0.05, 0) is 43.5 Å². The summed E-state index contributed by atoms with van der Waals surface area (Å²) < 4.78 is 0. The summed E-state index contributed by atoms with van der Waals surface area (Å²) in [6.07, 6.45) is 2.64. The Balaban J connectivity index is 2.00. The van der Waals surface area contributed by atoms with E-state index in [4.69, 9.17) is 0 Å². The van der Waals surface area contributed by atoms with Crippen molar-refractivity contribution in [3.63, 3.8) is 0 Å². The van der Waals surface area contributed by atoms with E-state index in [0.29, 0.717) is 0 Å². The number of nitrogens with zero attached hydrogens (tertiary/aromatic N) is 2. The molecule has 0 atom stereocenters. The third-order valence-electron chi connectivity index (χ3n) is 3.82. The number of aryl methyl sites for hydroxylation is 1. The molecule has 0 bridgehead atoms. The van der Waals surface area contributed by atoms with Gasteiger partial charge in [0.25, 0.3) is 5.91 Å². The fourth-order valence-corrected chi connectivity index (χ4v) is 2.57. The van der Waals surface area contributed by atoms with Crippen molar-refractivity contribution in [1.82, 2.24) is 4.98 Å². The summed E-state index contributed by atoms with van der Waals surface area (Å²) in [6, 6.07) is 9.92. The molecule has 0 fully saturated rings. The number of fused-ring (bicyclic) bond motifs is 1. The first kappa shape index (κ1) is 11.9. The fraction of sp³-hybridized carbons (Fsp3) is 0.250. The SMILES string of the molecule is Cc1nccc(C(=O)N2CCc3ccccc32)c1C. The molecule has 2 aromatic rings. The van der Waals surface area contributed by atoms with E-state index in [-0.39, 0.29) is 5.91 Å². The summed E-state index contributed by atoms with van der Waals surface area (Å²) in [4.78, 5) is 18.8. The van der Waals surface area contributed by atoms with Crippen LogP contribution in [0, 0.1) is 13.8 Å². The molecule has 0 aliphatic carbocycles. The summed E-state index contributed by atoms with van der Waals surface area (Å²) in [7, 11) is 0. The van der Waals surface area contributed by atoms with Crippen LogP contribution in [0.25, 0.3) is 0 Å². The van der Waals surface area contributed by atoms with Crippen molar-refractivity contribution in [2.45, 2.75) is 20.3 Å². The van der Waals surface area contributed by atoms with Crippen molar-refractivity contribution in [2.75, 3.05) is 11.4 Å². The number of anilines is 1. The summed E-state index contributed by atoms with van der Waals surface area (Å²) in [5.74, 6) is 0.0768. The van der Waals surface area contributed by atoms with E-state index >= 15 is 0 Å². The van der Waals surface area contributed by atoms with Gasteiger partial charge in [0.2, 0.25) is 0 Å². The van der Waals surface area contributed by atoms with Gasteiger partial charge in [-0.2, -0.15) is 0 Å². The fourth-order valence-electron chi connectivity index (χ4n) is 2.57. The number of para-hydroxylation sites is 1. The lowest BCUT2D eigenvalue weighted by atomic mass is 10.1. The van der Waals surface area contributed by atoms with Crippen LogP contribution in [-0.2, 0) is 6.42 Å². The minimum absolute atomic E-state index is 0.0768. The van der Waals surface area contributed by atoms with Crippen LogP contribution in [-0.4, -0.2) is 17.4 Å². The van der Waals surface area contributed by atoms with E-state index in [1.165, 1.54) is 5.56 Å². The van der Waals surface area contributed by atoms with E-state index in [9.17, 15) is 4.79 Å². The normalized spacial score (nSPS) is 13.5. The standard InChI is InChI=1S/C16H16N2O/c1-11-12(2)17-9-7-14(11)16(19)18-10-8-13-5-3-4-6-15(13)18/h3-7,9H,8,10H2,1-2H3. The first-order chi connectivity index (χ1) is 9.18. The van der Waals surface area contributed by atoms with Gasteiger partial charge in [-0.15, -0.1) is 0 Å². The molecule has 3 nitrogen and oxygen atoms in total. The maximum atomic E-state index is 12.7. The van der Waals surface area contributed by atoms with Crippen molar-refractivity contribution in [2.24, 2.45) is 0 Å². The zero-order valence-corrected chi connectivity index (χ0v) is 11.2. The number of carbonyl (C=O) groups excluding carboxylic acids is 1. The van der Waals surface area contributed by atoms with Crippen molar-refractivity contribution in [3.05, 3.63) is 58.9 Å². The Bertz CT molecular complexity index is 649. The summed E-state index contributed by atoms with van der Waals surface area (Å²) in [5.41, 5.74) is 4.93. The Hall–Kier alpha value is -2.16. The van der Waals surface area contributed by atoms with Crippen molar-refractivity contribution < 1.29 is 4.79 Å². The molecule has 1 aliphatic heterocycles. The molecule has 1 aromatic carbocycles. The van der Waals surface area contributed by atoms with Crippen LogP contribution in [0.4, 0.5) is 5.69 Å². The monoisotopic (exact) mass is 252 g/mol. The van der Waals surface area contributed by atoms with Crippen LogP contribution >= 0.6 is 0 Å². The van der Waals surface area contributed by atoms with E-state index < -0.39 is 0 Å². The molecule has 19 heavy (non-hydrogen) atoms. The Morgan fingerprint density at radius 2 is 2.00 bits per heavy atom. The molecule has 0 saturated carbocycles. The first-order valence-electron chi connectivity index (χ1n) is 6.50. The molecule has 0 radical (unpaired) electrons. The third kappa shape index (κ3) is 1.91. The number of benzene rings is 1. The van der Waals surface area contributed by atoms with Crippen LogP contribution in [0.15, 0.2) is 36.5 Å². The molecule has 3 rings (SSSR count). The number of pyridine rings is 1. The first-order valence-corrected chi connectivity index (χ1v) is 6.50. The minimum atomic E-state index is 0.0768. The van der Waals surface area contributed by atoms with Crippen molar-refractivity contribution >= 4 is 11.6 Å². The van der Waals surface area contributed by atoms with Crippen LogP contribution in [0.2, 0.25) is 0 Å². The van der Waals surface area contributed by atoms with E-state index in [1.807, 2.05) is 43.0 Å². The van der Waals surface area contributed by atoms with Gasteiger partial charge in [-0.1, -0.05) is 18.2 Å². The van der Waals surface area contributed by atoms with Gasteiger partial charge in [0, 0.05) is 29.7 Å². The molecule has 0 N–H and O–H groups in total. The molecule has 0 spiro atoms. The lowest BCUT2D eigenvalue weighted by Crippen LogP contribution is -2.29. The van der Waals surface area contributed by atoms with Gasteiger partial charge in [0.1, 0.15) is 0 Å². The third-order valence-corrected chi connectivity index (χ3v) is 3.82. The summed E-state index contributed by atoms with van der Waals surface area (Å²) in [5, 5.41) is 0. The Morgan fingerprint density at radius 3 is 2.84 bits per heavy atom. The molecule has 1 amide bonds. The van der Waals surface area contributed by atoms with Crippen LogP contribution in [0.5, 0.6) is 0 Å². The van der Waals surface area contributed by atoms with Crippen LogP contribution in [0.3, 0.4) is 0 Å². The molecule has 1 aliphatic rings. The number of carbonyl (C=O) groups is 1. The Labute approximate surface area is 112 Å². The van der Waals surface area contributed by atoms with Gasteiger partial charge in [-0.3, -0.25) is 9.78 Å². The number of hydrogen-bond acceptors (Lipinski definition) is 2. The van der Waals surface area contributed by atoms with Gasteiger partial charge in [0.15, 0.2) is 0 Å². The lowest BCUT2D eigenvalue weighted by molar-refractivity contribution is 0.0988. The second kappa shape index (κ2) is 4.50. The highest BCUT2D eigenvalue weighted by molar-refractivity contribution is 6.08. The highest BCUT2D eigenvalue weighted by atomic mass is 16.2. The van der Waals surface area contributed by atoms with Crippen LogP contribution < -0.4 is 4.90 Å². The maximum absolute atomic E-state index is 12.7. The van der Waals surface area contributed by atoms with Gasteiger partial charge >= 0.3 is 0 Å². The molecule has 96 valence electrons. The highest BCUT2D eigenvalue weighted by Crippen LogP contribution is 2.29. The molecule has 2 heterocycles. The maximum Gasteiger partial charge on any atom is 0.258 e. The Morgan fingerprint density at radius 1 is 1.21 bits per heavy atom. The molecular formula is C16H16N2O. The second-order valence-electron chi connectivity index (χ2n) is 4.90. The molecule has 1 aromatic heterocycles. The van der Waals surface area contributed by atoms with E-state index in [0.717, 1.165) is 35.5 Å². The molecular weight excluding hydrogens is 236 g/mol. The van der Waals surface area contributed by atoms with Crippen molar-refractivity contribution in [3.8, 4) is 0 Å². The topological polar surface area (TPSA) is 33.2 Å². The van der Waals surface area contributed by atoms with Gasteiger partial charge < -0.3 is 4.90 Å². The summed E-state index contributed by atoms with van der Waals surface area (Å²) >= 11 is 0. The van der Waals surface area contributed by atoms with Crippen molar-refractivity contribution in [1.29, 1.82) is 0 Å². The predicted octanol–water partition coefficient (Wildman–Crippen LogP) is 2.90. The Kier molecular flexibility index (Phi) is 2.82. The quantitative estimate of drug-likeness (QED) is 0.782. The molecule has 0 unspecified atom stereocenters. The highest BCUT2D eigenvalue weighted by Gasteiger charge is 2.26. The number of hydrogen-bond donors (Lipinski definition) is 0. The van der Waals surface area contributed by atoms with E-state index in [1.54, 1.807) is 6.20 Å². The zero-order valence-electron chi connectivity index (χ0n) is 11.2. The predicted molar refractivity (Wildman–Crippen MR) is 75.5 cm³/mol. The summed E-state index contributed by atoms with van der Waals surface area (Å²) in [6.45, 7) is 4.65. The van der Waals surface area contributed by atoms with Gasteiger partial charge in [0.05, 0.1) is 0 Å². The largest absolute Gasteiger partial charge is 0.308 e. The number of rotatable bonds is 1. The smallest absolute Gasteiger partial charge is 0.258 e. The number of aromatic nitrogens is 1. The van der Waals surface area contributed by atoms with E-state index in [2.05, 4.69) is 11.1 Å². The van der Waals surface area contributed by atoms with Gasteiger partial charge in [-0.25, -0.2) is 0 Å². The average Bonchev–Trinajstić information content (AvgIpc) is 2.85. The molecule has 3 heteroatoms. The lowest BCUT2D eigenvalue weighted by Gasteiger charge is -2.18. The second-order valence-corrected chi connectivity index (χ2v) is 4.90. The average molecular weight is 252 g/mol.